The normalized spacial score (nSPS) is 10.8. The fraction of sp³-hybridized carbons (Fsp3) is 0.200. The van der Waals surface area contributed by atoms with Crippen LogP contribution in [0.25, 0.3) is 11.3 Å². The number of alkyl halides is 6. The zero-order chi connectivity index (χ0) is 36.1. The van der Waals surface area contributed by atoms with Gasteiger partial charge in [-0.1, -0.05) is 32.9 Å². The monoisotopic (exact) mass is 682 g/mol. The third-order valence-corrected chi connectivity index (χ3v) is 5.65. The van der Waals surface area contributed by atoms with Gasteiger partial charge in [-0.15, -0.1) is 5.10 Å². The Morgan fingerprint density at radius 2 is 1.52 bits per heavy atom. The number of halogens is 6. The van der Waals surface area contributed by atoms with E-state index in [1.807, 2.05) is 59.3 Å². The highest BCUT2D eigenvalue weighted by Crippen LogP contribution is 2.24. The molecule has 1 amide bonds. The number of amides is 1. The first-order valence-corrected chi connectivity index (χ1v) is 13.3. The number of fused-ring (bicyclic) bond motifs is 1. The highest BCUT2D eigenvalue weighted by atomic mass is 19.4. The Bertz CT molecular complexity index is 1750. The number of imidazole rings is 2. The summed E-state index contributed by atoms with van der Waals surface area (Å²) >= 11 is 0. The Morgan fingerprint density at radius 1 is 0.958 bits per heavy atom. The van der Waals surface area contributed by atoms with Gasteiger partial charge >= 0.3 is 18.8 Å². The van der Waals surface area contributed by atoms with E-state index < -0.39 is 18.8 Å². The van der Waals surface area contributed by atoms with E-state index in [1.54, 1.807) is 35.4 Å². The van der Waals surface area contributed by atoms with Crippen molar-refractivity contribution in [2.24, 2.45) is 0 Å². The SMILES string of the molecule is CC(C)(C)c1ccc(C(=O)Nc2cn3nc(Oc4ccc(-n5ccnc5)cc4)ccc3n2)cc1.FC(F)F.O=C(O)C(F)(F)F.O=CO. The van der Waals surface area contributed by atoms with Gasteiger partial charge in [-0.3, -0.25) is 9.59 Å². The molecule has 0 saturated carbocycles. The van der Waals surface area contributed by atoms with Crippen LogP contribution in [0.1, 0.15) is 36.7 Å². The Kier molecular flexibility index (Phi) is 13.6. The van der Waals surface area contributed by atoms with Crippen molar-refractivity contribution < 1.29 is 55.7 Å². The van der Waals surface area contributed by atoms with Gasteiger partial charge in [-0.05, 0) is 53.4 Å². The second-order valence-electron chi connectivity index (χ2n) is 10.1. The van der Waals surface area contributed by atoms with E-state index in [0.717, 1.165) is 5.69 Å². The van der Waals surface area contributed by atoms with E-state index in [4.69, 9.17) is 24.5 Å². The molecule has 0 saturated heterocycles. The van der Waals surface area contributed by atoms with Gasteiger partial charge in [0.1, 0.15) is 5.75 Å². The number of anilines is 1. The zero-order valence-corrected chi connectivity index (χ0v) is 25.3. The molecule has 0 atom stereocenters. The van der Waals surface area contributed by atoms with E-state index in [-0.39, 0.29) is 17.8 Å². The molecule has 0 aliphatic rings. The van der Waals surface area contributed by atoms with Crippen LogP contribution in [-0.4, -0.2) is 65.6 Å². The number of hydrogen-bond acceptors (Lipinski definition) is 7. The summed E-state index contributed by atoms with van der Waals surface area (Å²) in [6, 6.07) is 18.7. The average Bonchev–Trinajstić information content (AvgIpc) is 3.67. The van der Waals surface area contributed by atoms with Gasteiger partial charge in [0.05, 0.1) is 12.5 Å². The van der Waals surface area contributed by atoms with E-state index in [1.165, 1.54) is 5.56 Å². The summed E-state index contributed by atoms with van der Waals surface area (Å²) in [7, 11) is 0. The second kappa shape index (κ2) is 17.1. The van der Waals surface area contributed by atoms with Crippen LogP contribution in [0.15, 0.2) is 85.6 Å². The van der Waals surface area contributed by atoms with Crippen molar-refractivity contribution in [3.63, 3.8) is 0 Å². The lowest BCUT2D eigenvalue weighted by molar-refractivity contribution is -0.192. The van der Waals surface area contributed by atoms with Gasteiger partial charge in [0.25, 0.3) is 12.4 Å². The molecule has 0 unspecified atom stereocenters. The Hall–Kier alpha value is -5.94. The molecule has 12 nitrogen and oxygen atoms in total. The summed E-state index contributed by atoms with van der Waals surface area (Å²) in [5, 5.41) is 21.3. The van der Waals surface area contributed by atoms with E-state index in [9.17, 15) is 31.1 Å². The molecule has 0 fully saturated rings. The number of hydrogen-bond donors (Lipinski definition) is 3. The molecule has 3 N–H and O–H groups in total. The van der Waals surface area contributed by atoms with Crippen molar-refractivity contribution in [1.29, 1.82) is 0 Å². The van der Waals surface area contributed by atoms with E-state index in [0.29, 0.717) is 28.7 Å². The van der Waals surface area contributed by atoms with Crippen molar-refractivity contribution in [3.05, 3.63) is 96.7 Å². The van der Waals surface area contributed by atoms with Crippen LogP contribution in [-0.2, 0) is 15.0 Å². The Balaban J connectivity index is 0.000000486. The van der Waals surface area contributed by atoms with Gasteiger partial charge in [-0.2, -0.15) is 26.3 Å². The maximum Gasteiger partial charge on any atom is 0.490 e. The minimum atomic E-state index is -5.08. The predicted octanol–water partition coefficient (Wildman–Crippen LogP) is 6.77. The lowest BCUT2D eigenvalue weighted by Gasteiger charge is -2.18. The molecule has 0 aliphatic heterocycles. The first kappa shape index (κ1) is 38.2. The lowest BCUT2D eigenvalue weighted by atomic mass is 9.87. The summed E-state index contributed by atoms with van der Waals surface area (Å²) in [5.41, 5.74) is 3.35. The molecule has 5 aromatic rings. The number of carboxylic acid groups (broad SMARTS) is 2. The molecular formula is C30H28F6N6O6. The number of carbonyl (C=O) groups excluding carboxylic acids is 1. The summed E-state index contributed by atoms with van der Waals surface area (Å²) in [6.45, 7) is 2.50. The molecule has 18 heteroatoms. The Morgan fingerprint density at radius 3 is 2.00 bits per heavy atom. The highest BCUT2D eigenvalue weighted by molar-refractivity contribution is 6.03. The number of carbonyl (C=O) groups is 3. The van der Waals surface area contributed by atoms with Gasteiger partial charge in [-0.25, -0.2) is 19.3 Å². The minimum Gasteiger partial charge on any atom is -0.483 e. The summed E-state index contributed by atoms with van der Waals surface area (Å²) in [6.07, 6.45) is 1.92. The number of rotatable bonds is 5. The third-order valence-electron chi connectivity index (χ3n) is 5.65. The van der Waals surface area contributed by atoms with Crippen molar-refractivity contribution >= 4 is 29.8 Å². The van der Waals surface area contributed by atoms with Crippen LogP contribution in [0.2, 0.25) is 0 Å². The zero-order valence-electron chi connectivity index (χ0n) is 25.3. The maximum absolute atomic E-state index is 12.7. The summed E-state index contributed by atoms with van der Waals surface area (Å²) in [5.74, 6) is -1.50. The molecule has 2 aromatic carbocycles. The molecule has 48 heavy (non-hydrogen) atoms. The fourth-order valence-electron chi connectivity index (χ4n) is 3.51. The number of aromatic nitrogens is 5. The largest absolute Gasteiger partial charge is 0.490 e. The number of carboxylic acids is 1. The molecule has 0 spiro atoms. The molecule has 3 aromatic heterocycles. The van der Waals surface area contributed by atoms with Crippen LogP contribution < -0.4 is 10.1 Å². The predicted molar refractivity (Wildman–Crippen MR) is 159 cm³/mol. The quantitative estimate of drug-likeness (QED) is 0.134. The molecule has 256 valence electrons. The number of aliphatic carboxylic acids is 1. The van der Waals surface area contributed by atoms with Crippen LogP contribution >= 0.6 is 0 Å². The maximum atomic E-state index is 12.7. The second-order valence-corrected chi connectivity index (χ2v) is 10.1. The van der Waals surface area contributed by atoms with Crippen molar-refractivity contribution in [1.82, 2.24) is 24.1 Å². The van der Waals surface area contributed by atoms with Crippen molar-refractivity contribution in [2.45, 2.75) is 39.0 Å². The first-order chi connectivity index (χ1) is 22.4. The van der Waals surface area contributed by atoms with E-state index in [2.05, 4.69) is 41.2 Å². The number of nitrogens with one attached hydrogen (secondary N) is 1. The van der Waals surface area contributed by atoms with Gasteiger partial charge in [0, 0.05) is 29.7 Å². The molecule has 5 rings (SSSR count). The standard InChI is InChI=1S/C26H24N6O2.C2HF3O2.CHF3.CH2O2/c1-26(2,3)19-6-4-18(5-7-19)25(33)29-22-16-32-23(28-22)12-13-24(30-32)34-21-10-8-20(9-11-21)31-15-14-27-17-31;3-2(4,5)1(6)7;2-1(3)4;2-1-3/h4-17H,1-3H3,(H,29,33);(H,6,7);1H;1H,(H,2,3). The number of ether oxygens (including phenoxy) is 1. The van der Waals surface area contributed by atoms with Crippen LogP contribution in [0.5, 0.6) is 11.6 Å². The van der Waals surface area contributed by atoms with Crippen molar-refractivity contribution in [2.75, 3.05) is 5.32 Å². The summed E-state index contributed by atoms with van der Waals surface area (Å²) in [4.78, 5) is 38.4. The van der Waals surface area contributed by atoms with Gasteiger partial charge in [0.2, 0.25) is 5.88 Å². The third kappa shape index (κ3) is 12.5. The van der Waals surface area contributed by atoms with Crippen LogP contribution in [0.3, 0.4) is 0 Å². The lowest BCUT2D eigenvalue weighted by Crippen LogP contribution is -2.21. The summed E-state index contributed by atoms with van der Waals surface area (Å²) < 4.78 is 70.1. The highest BCUT2D eigenvalue weighted by Gasteiger charge is 2.38. The smallest absolute Gasteiger partial charge is 0.483 e. The van der Waals surface area contributed by atoms with Crippen LogP contribution in [0.4, 0.5) is 32.2 Å². The molecule has 0 aliphatic carbocycles. The minimum absolute atomic E-state index is 0.0319. The first-order valence-electron chi connectivity index (χ1n) is 13.3. The molecule has 3 heterocycles. The van der Waals surface area contributed by atoms with Gasteiger partial charge in [0.15, 0.2) is 11.5 Å². The van der Waals surface area contributed by atoms with Gasteiger partial charge < -0.3 is 24.8 Å². The van der Waals surface area contributed by atoms with E-state index >= 15 is 0 Å². The Labute approximate surface area is 268 Å². The number of benzene rings is 2. The average molecular weight is 683 g/mol. The molecular weight excluding hydrogens is 654 g/mol. The number of nitrogens with zero attached hydrogens (tertiary/aromatic N) is 5. The molecule has 0 bridgehead atoms. The topological polar surface area (TPSA) is 161 Å². The molecule has 0 radical (unpaired) electrons. The van der Waals surface area contributed by atoms with Crippen molar-refractivity contribution in [3.8, 4) is 17.3 Å². The van der Waals surface area contributed by atoms with Crippen LogP contribution in [0, 0.1) is 0 Å². The fourth-order valence-corrected chi connectivity index (χ4v) is 3.51.